The van der Waals surface area contributed by atoms with E-state index in [4.69, 9.17) is 10.8 Å². The quantitative estimate of drug-likeness (QED) is 0.652. The summed E-state index contributed by atoms with van der Waals surface area (Å²) in [6.07, 6.45) is 1.11. The van der Waals surface area contributed by atoms with Gasteiger partial charge in [-0.15, -0.1) is 0 Å². The van der Waals surface area contributed by atoms with Crippen LogP contribution >= 0.6 is 0 Å². The molecule has 6 heteroatoms. The Labute approximate surface area is 79.3 Å². The molecule has 0 amide bonds. The Bertz CT molecular complexity index is 389. The van der Waals surface area contributed by atoms with Crippen LogP contribution in [0.15, 0.2) is 12.3 Å². The van der Waals surface area contributed by atoms with Crippen LogP contribution in [0.2, 0.25) is 0 Å². The number of nitrogens with zero attached hydrogens (tertiary/aromatic N) is 1. The number of aromatic carboxylic acids is 1. The molecule has 0 aliphatic rings. The number of aromatic nitrogens is 1. The predicted octanol–water partition coefficient (Wildman–Crippen LogP) is 0.149. The minimum atomic E-state index is -1.21. The van der Waals surface area contributed by atoms with Crippen molar-refractivity contribution < 1.29 is 19.4 Å². The fraction of sp³-hybridized carbons (Fsp3) is 0.125. The van der Waals surface area contributed by atoms with Gasteiger partial charge in [-0.1, -0.05) is 0 Å². The van der Waals surface area contributed by atoms with Crippen LogP contribution in [0.1, 0.15) is 20.8 Å². The Morgan fingerprint density at radius 2 is 2.21 bits per heavy atom. The summed E-state index contributed by atoms with van der Waals surface area (Å²) in [6.45, 7) is 0. The molecular weight excluding hydrogens is 188 g/mol. The van der Waals surface area contributed by atoms with Gasteiger partial charge >= 0.3 is 11.9 Å². The van der Waals surface area contributed by atoms with Crippen molar-refractivity contribution in [3.63, 3.8) is 0 Å². The van der Waals surface area contributed by atoms with Crippen molar-refractivity contribution in [2.45, 2.75) is 0 Å². The molecule has 0 spiro atoms. The number of hydrogen-bond acceptors (Lipinski definition) is 5. The predicted molar refractivity (Wildman–Crippen MR) is 46.9 cm³/mol. The van der Waals surface area contributed by atoms with E-state index in [2.05, 4.69) is 9.72 Å². The first-order chi connectivity index (χ1) is 6.56. The largest absolute Gasteiger partial charge is 0.478 e. The van der Waals surface area contributed by atoms with Gasteiger partial charge in [0, 0.05) is 0 Å². The molecule has 0 saturated heterocycles. The number of rotatable bonds is 2. The molecule has 1 heterocycles. The Morgan fingerprint density at radius 3 is 2.71 bits per heavy atom. The number of carbonyl (C=O) groups is 2. The van der Waals surface area contributed by atoms with Crippen LogP contribution in [-0.2, 0) is 4.74 Å². The highest BCUT2D eigenvalue weighted by molar-refractivity contribution is 5.96. The van der Waals surface area contributed by atoms with Gasteiger partial charge in [0.15, 0.2) is 0 Å². The van der Waals surface area contributed by atoms with Crippen molar-refractivity contribution >= 4 is 17.6 Å². The van der Waals surface area contributed by atoms with Crippen LogP contribution in [0.4, 0.5) is 5.69 Å². The molecule has 0 atom stereocenters. The lowest BCUT2D eigenvalue weighted by Gasteiger charge is -2.02. The number of carboxylic acid groups (broad SMARTS) is 1. The minimum Gasteiger partial charge on any atom is -0.478 e. The van der Waals surface area contributed by atoms with Gasteiger partial charge in [-0.3, -0.25) is 0 Å². The zero-order valence-electron chi connectivity index (χ0n) is 7.35. The molecule has 0 saturated carbocycles. The summed E-state index contributed by atoms with van der Waals surface area (Å²) in [7, 11) is 1.18. The van der Waals surface area contributed by atoms with Crippen LogP contribution < -0.4 is 5.73 Å². The fourth-order valence-electron chi connectivity index (χ4n) is 0.867. The summed E-state index contributed by atoms with van der Waals surface area (Å²) >= 11 is 0. The van der Waals surface area contributed by atoms with E-state index in [-0.39, 0.29) is 16.9 Å². The van der Waals surface area contributed by atoms with Crippen molar-refractivity contribution in [3.05, 3.63) is 23.5 Å². The summed E-state index contributed by atoms with van der Waals surface area (Å²) in [4.78, 5) is 25.2. The molecular formula is C8H8N2O4. The maximum Gasteiger partial charge on any atom is 0.356 e. The first-order valence-electron chi connectivity index (χ1n) is 3.63. The topological polar surface area (TPSA) is 103 Å². The number of anilines is 1. The van der Waals surface area contributed by atoms with Crippen LogP contribution in [0.3, 0.4) is 0 Å². The molecule has 6 nitrogen and oxygen atoms in total. The molecule has 74 valence electrons. The normalized spacial score (nSPS) is 9.50. The van der Waals surface area contributed by atoms with E-state index in [9.17, 15) is 9.59 Å². The summed E-state index contributed by atoms with van der Waals surface area (Å²) in [6, 6.07) is 1.07. The summed E-state index contributed by atoms with van der Waals surface area (Å²) in [5, 5.41) is 8.68. The molecule has 14 heavy (non-hydrogen) atoms. The van der Waals surface area contributed by atoms with E-state index in [1.165, 1.54) is 7.11 Å². The highest BCUT2D eigenvalue weighted by atomic mass is 16.5. The second-order valence-electron chi connectivity index (χ2n) is 2.45. The molecule has 3 N–H and O–H groups in total. The first-order valence-corrected chi connectivity index (χ1v) is 3.63. The number of hydrogen-bond donors (Lipinski definition) is 2. The number of methoxy groups -OCH3 is 1. The van der Waals surface area contributed by atoms with Crippen molar-refractivity contribution in [1.82, 2.24) is 4.98 Å². The summed E-state index contributed by atoms with van der Waals surface area (Å²) in [5.74, 6) is -1.91. The highest BCUT2D eigenvalue weighted by Crippen LogP contribution is 2.11. The van der Waals surface area contributed by atoms with Crippen LogP contribution in [0.25, 0.3) is 0 Å². The summed E-state index contributed by atoms with van der Waals surface area (Å²) in [5.41, 5.74) is 5.09. The Kier molecular flexibility index (Phi) is 2.66. The molecule has 0 radical (unpaired) electrons. The lowest BCUT2D eigenvalue weighted by Crippen LogP contribution is -2.09. The van der Waals surface area contributed by atoms with Gasteiger partial charge < -0.3 is 15.6 Å². The van der Waals surface area contributed by atoms with Crippen molar-refractivity contribution in [1.29, 1.82) is 0 Å². The minimum absolute atomic E-state index is 0.00477. The molecule has 1 aromatic heterocycles. The van der Waals surface area contributed by atoms with E-state index in [0.29, 0.717) is 0 Å². The van der Waals surface area contributed by atoms with Gasteiger partial charge in [-0.05, 0) is 6.07 Å². The van der Waals surface area contributed by atoms with E-state index in [1.54, 1.807) is 0 Å². The van der Waals surface area contributed by atoms with Gasteiger partial charge in [0.1, 0.15) is 5.69 Å². The number of ether oxygens (including phenoxy) is 1. The molecule has 0 aliphatic carbocycles. The second-order valence-corrected chi connectivity index (χ2v) is 2.45. The zero-order valence-corrected chi connectivity index (χ0v) is 7.35. The molecule has 0 fully saturated rings. The number of nitrogens with two attached hydrogens (primary N) is 1. The third kappa shape index (κ3) is 1.79. The van der Waals surface area contributed by atoms with Crippen LogP contribution in [-0.4, -0.2) is 29.1 Å². The van der Waals surface area contributed by atoms with Crippen LogP contribution in [0.5, 0.6) is 0 Å². The lowest BCUT2D eigenvalue weighted by molar-refractivity contribution is 0.0594. The van der Waals surface area contributed by atoms with Crippen LogP contribution in [0, 0.1) is 0 Å². The summed E-state index contributed by atoms with van der Waals surface area (Å²) < 4.78 is 4.38. The monoisotopic (exact) mass is 196 g/mol. The van der Waals surface area contributed by atoms with E-state index >= 15 is 0 Å². The smallest absolute Gasteiger partial charge is 0.356 e. The lowest BCUT2D eigenvalue weighted by atomic mass is 10.2. The SMILES string of the molecule is COC(=O)c1cc(C(=O)O)c(N)cn1. The van der Waals surface area contributed by atoms with E-state index < -0.39 is 11.9 Å². The van der Waals surface area contributed by atoms with Crippen molar-refractivity contribution in [2.24, 2.45) is 0 Å². The molecule has 0 aromatic carbocycles. The third-order valence-electron chi connectivity index (χ3n) is 1.56. The fourth-order valence-corrected chi connectivity index (χ4v) is 0.867. The number of esters is 1. The Balaban J connectivity index is 3.19. The van der Waals surface area contributed by atoms with E-state index in [1.807, 2.05) is 0 Å². The van der Waals surface area contributed by atoms with Crippen molar-refractivity contribution in [3.8, 4) is 0 Å². The number of pyridine rings is 1. The van der Waals surface area contributed by atoms with Gasteiger partial charge in [0.2, 0.25) is 0 Å². The number of carbonyl (C=O) groups excluding carboxylic acids is 1. The number of nitrogen functional groups attached to an aromatic ring is 1. The average Bonchev–Trinajstić information content (AvgIpc) is 2.17. The van der Waals surface area contributed by atoms with Crippen molar-refractivity contribution in [2.75, 3.05) is 12.8 Å². The van der Waals surface area contributed by atoms with Gasteiger partial charge in [0.05, 0.1) is 24.6 Å². The molecule has 0 aliphatic heterocycles. The maximum absolute atomic E-state index is 11.0. The standard InChI is InChI=1S/C8H8N2O4/c1-14-8(13)6-2-4(7(11)12)5(9)3-10-6/h2-3H,9H2,1H3,(H,11,12). The molecule has 0 unspecified atom stereocenters. The third-order valence-corrected chi connectivity index (χ3v) is 1.56. The molecule has 1 aromatic rings. The first kappa shape index (κ1) is 9.97. The highest BCUT2D eigenvalue weighted by Gasteiger charge is 2.14. The Morgan fingerprint density at radius 1 is 1.57 bits per heavy atom. The molecule has 0 bridgehead atoms. The van der Waals surface area contributed by atoms with E-state index in [0.717, 1.165) is 12.3 Å². The average molecular weight is 196 g/mol. The Hall–Kier alpha value is -2.11. The molecule has 1 rings (SSSR count). The number of carboxylic acids is 1. The maximum atomic E-state index is 11.0. The zero-order chi connectivity index (χ0) is 10.7. The second kappa shape index (κ2) is 3.73. The van der Waals surface area contributed by atoms with Gasteiger partial charge in [-0.25, -0.2) is 14.6 Å². The van der Waals surface area contributed by atoms with Gasteiger partial charge in [0.25, 0.3) is 0 Å². The van der Waals surface area contributed by atoms with Gasteiger partial charge in [-0.2, -0.15) is 0 Å².